The van der Waals surface area contributed by atoms with Gasteiger partial charge in [0.05, 0.1) is 5.69 Å². The molecule has 1 unspecified atom stereocenters. The van der Waals surface area contributed by atoms with E-state index in [0.29, 0.717) is 17.9 Å². The van der Waals surface area contributed by atoms with Crippen molar-refractivity contribution < 1.29 is 0 Å². The van der Waals surface area contributed by atoms with E-state index < -0.39 is 0 Å². The highest BCUT2D eigenvalue weighted by Gasteiger charge is 2.26. The second kappa shape index (κ2) is 5.43. The molecule has 3 heteroatoms. The summed E-state index contributed by atoms with van der Waals surface area (Å²) in [7, 11) is 0. The van der Waals surface area contributed by atoms with Crippen molar-refractivity contribution in [1.29, 1.82) is 0 Å². The summed E-state index contributed by atoms with van der Waals surface area (Å²) < 4.78 is 2.56. The third-order valence-corrected chi connectivity index (χ3v) is 3.99. The molecule has 1 aliphatic heterocycles. The van der Waals surface area contributed by atoms with E-state index in [1.165, 1.54) is 23.6 Å². The van der Waals surface area contributed by atoms with E-state index in [1.807, 2.05) is 0 Å². The van der Waals surface area contributed by atoms with Crippen LogP contribution in [0.25, 0.3) is 0 Å². The first-order valence-electron chi connectivity index (χ1n) is 7.36. The zero-order chi connectivity index (χ0) is 13.3. The van der Waals surface area contributed by atoms with Gasteiger partial charge in [0.15, 0.2) is 0 Å². The molecule has 1 aromatic rings. The van der Waals surface area contributed by atoms with Crippen molar-refractivity contribution in [1.82, 2.24) is 14.9 Å². The molecule has 2 rings (SSSR count). The maximum absolute atomic E-state index is 4.90. The molecular weight excluding hydrogens is 222 g/mol. The summed E-state index contributed by atoms with van der Waals surface area (Å²) >= 11 is 0. The Hall–Kier alpha value is -0.830. The number of nitrogens with zero attached hydrogens (tertiary/aromatic N) is 2. The van der Waals surface area contributed by atoms with Gasteiger partial charge in [0, 0.05) is 37.2 Å². The topological polar surface area (TPSA) is 29.9 Å². The van der Waals surface area contributed by atoms with Crippen LogP contribution >= 0.6 is 0 Å². The predicted octanol–water partition coefficient (Wildman–Crippen LogP) is 3.26. The molecule has 0 saturated heterocycles. The maximum Gasteiger partial charge on any atom is 0.112 e. The summed E-state index contributed by atoms with van der Waals surface area (Å²) in [5.74, 6) is 2.45. The molecule has 1 atom stereocenters. The summed E-state index contributed by atoms with van der Waals surface area (Å²) in [5, 5.41) is 3.43. The molecule has 0 fully saturated rings. The first kappa shape index (κ1) is 13.6. The molecule has 1 N–H and O–H groups in total. The largest absolute Gasteiger partial charge is 0.328 e. The second-order valence-corrected chi connectivity index (χ2v) is 6.03. The quantitative estimate of drug-likeness (QED) is 0.887. The van der Waals surface area contributed by atoms with Crippen LogP contribution in [0, 0.1) is 5.92 Å². The summed E-state index contributed by atoms with van der Waals surface area (Å²) in [6.45, 7) is 13.5. The van der Waals surface area contributed by atoms with Crippen molar-refractivity contribution in [3.05, 3.63) is 17.2 Å². The fourth-order valence-electron chi connectivity index (χ4n) is 3.08. The number of nitrogens with one attached hydrogen (secondary N) is 1. The summed E-state index contributed by atoms with van der Waals surface area (Å²) in [6.07, 6.45) is 2.31. The molecule has 1 aromatic heterocycles. The highest BCUT2D eigenvalue weighted by molar-refractivity contribution is 5.23. The van der Waals surface area contributed by atoms with Gasteiger partial charge in [-0.2, -0.15) is 0 Å². The van der Waals surface area contributed by atoms with E-state index >= 15 is 0 Å². The predicted molar refractivity (Wildman–Crippen MR) is 75.9 cm³/mol. The van der Waals surface area contributed by atoms with E-state index in [2.05, 4.69) is 44.5 Å². The Morgan fingerprint density at radius 3 is 2.56 bits per heavy atom. The number of rotatable bonds is 4. The average molecular weight is 249 g/mol. The van der Waals surface area contributed by atoms with Gasteiger partial charge in [-0.05, 0) is 12.3 Å². The van der Waals surface area contributed by atoms with E-state index in [9.17, 15) is 0 Å². The number of fused-ring (bicyclic) bond motifs is 1. The lowest BCUT2D eigenvalue weighted by atomic mass is 9.99. The van der Waals surface area contributed by atoms with Crippen LogP contribution in [0.1, 0.15) is 70.2 Å². The standard InChI is InChI=1S/C15H27N3/c1-6-13(10(2)3)18-14-7-8-16-9-12(14)17-15(18)11(4)5/h10-11,13,16H,6-9H2,1-5H3. The summed E-state index contributed by atoms with van der Waals surface area (Å²) in [5.41, 5.74) is 2.77. The Morgan fingerprint density at radius 2 is 2.00 bits per heavy atom. The van der Waals surface area contributed by atoms with Gasteiger partial charge < -0.3 is 9.88 Å². The third-order valence-electron chi connectivity index (χ3n) is 3.99. The molecule has 0 aliphatic carbocycles. The number of aromatic nitrogens is 2. The van der Waals surface area contributed by atoms with Gasteiger partial charge in [-0.25, -0.2) is 4.98 Å². The van der Waals surface area contributed by atoms with Gasteiger partial charge in [-0.3, -0.25) is 0 Å². The summed E-state index contributed by atoms with van der Waals surface area (Å²) in [6, 6.07) is 0.594. The first-order valence-corrected chi connectivity index (χ1v) is 7.36. The van der Waals surface area contributed by atoms with Crippen LogP contribution in [0.2, 0.25) is 0 Å². The molecule has 0 spiro atoms. The lowest BCUT2D eigenvalue weighted by Gasteiger charge is -2.27. The molecular formula is C15H27N3. The number of imidazole rings is 1. The van der Waals surface area contributed by atoms with Crippen molar-refractivity contribution in [3.63, 3.8) is 0 Å². The highest BCUT2D eigenvalue weighted by atomic mass is 15.1. The Morgan fingerprint density at radius 1 is 1.28 bits per heavy atom. The smallest absolute Gasteiger partial charge is 0.112 e. The van der Waals surface area contributed by atoms with E-state index in [0.717, 1.165) is 19.5 Å². The van der Waals surface area contributed by atoms with Gasteiger partial charge in [-0.15, -0.1) is 0 Å². The molecule has 0 radical (unpaired) electrons. The van der Waals surface area contributed by atoms with Crippen LogP contribution in [0.5, 0.6) is 0 Å². The Labute approximate surface area is 111 Å². The fourth-order valence-corrected chi connectivity index (χ4v) is 3.08. The Kier molecular flexibility index (Phi) is 4.10. The van der Waals surface area contributed by atoms with Gasteiger partial charge in [0.1, 0.15) is 5.82 Å². The monoisotopic (exact) mass is 249 g/mol. The van der Waals surface area contributed by atoms with E-state index in [1.54, 1.807) is 0 Å². The summed E-state index contributed by atoms with van der Waals surface area (Å²) in [4.78, 5) is 4.90. The molecule has 102 valence electrons. The van der Waals surface area contributed by atoms with Crippen molar-refractivity contribution in [2.24, 2.45) is 5.92 Å². The average Bonchev–Trinajstić information content (AvgIpc) is 2.70. The lowest BCUT2D eigenvalue weighted by molar-refractivity contribution is 0.342. The van der Waals surface area contributed by atoms with Crippen LogP contribution in [-0.4, -0.2) is 16.1 Å². The molecule has 18 heavy (non-hydrogen) atoms. The van der Waals surface area contributed by atoms with Crippen LogP contribution in [-0.2, 0) is 13.0 Å². The maximum atomic E-state index is 4.90. The zero-order valence-electron chi connectivity index (χ0n) is 12.5. The van der Waals surface area contributed by atoms with Crippen molar-refractivity contribution in [3.8, 4) is 0 Å². The highest BCUT2D eigenvalue weighted by Crippen LogP contribution is 2.31. The fraction of sp³-hybridized carbons (Fsp3) is 0.800. The molecule has 3 nitrogen and oxygen atoms in total. The normalized spacial score (nSPS) is 17.3. The third kappa shape index (κ3) is 2.33. The van der Waals surface area contributed by atoms with Crippen LogP contribution in [0.4, 0.5) is 0 Å². The SMILES string of the molecule is CCC(C(C)C)n1c(C(C)C)nc2c1CCNC2. The minimum absolute atomic E-state index is 0.503. The molecule has 0 bridgehead atoms. The van der Waals surface area contributed by atoms with Crippen LogP contribution in [0.3, 0.4) is 0 Å². The van der Waals surface area contributed by atoms with E-state index in [-0.39, 0.29) is 0 Å². The minimum atomic E-state index is 0.503. The number of hydrogen-bond donors (Lipinski definition) is 1. The Bertz CT molecular complexity index is 404. The van der Waals surface area contributed by atoms with E-state index in [4.69, 9.17) is 4.98 Å². The minimum Gasteiger partial charge on any atom is -0.328 e. The van der Waals surface area contributed by atoms with Gasteiger partial charge in [0.25, 0.3) is 0 Å². The second-order valence-electron chi connectivity index (χ2n) is 6.03. The van der Waals surface area contributed by atoms with Gasteiger partial charge in [0.2, 0.25) is 0 Å². The van der Waals surface area contributed by atoms with Crippen LogP contribution in [0.15, 0.2) is 0 Å². The Balaban J connectivity index is 2.51. The van der Waals surface area contributed by atoms with Crippen LogP contribution < -0.4 is 5.32 Å². The lowest BCUT2D eigenvalue weighted by Crippen LogP contribution is -2.27. The first-order chi connectivity index (χ1) is 8.56. The molecule has 0 aromatic carbocycles. The zero-order valence-corrected chi connectivity index (χ0v) is 12.5. The van der Waals surface area contributed by atoms with Gasteiger partial charge in [-0.1, -0.05) is 34.6 Å². The molecule has 0 saturated carbocycles. The van der Waals surface area contributed by atoms with Gasteiger partial charge >= 0.3 is 0 Å². The molecule has 2 heterocycles. The van der Waals surface area contributed by atoms with Crippen molar-refractivity contribution in [2.75, 3.05) is 6.54 Å². The molecule has 1 aliphatic rings. The van der Waals surface area contributed by atoms with Crippen molar-refractivity contribution >= 4 is 0 Å². The number of hydrogen-bond acceptors (Lipinski definition) is 2. The molecule has 0 amide bonds. The van der Waals surface area contributed by atoms with Crippen molar-refractivity contribution in [2.45, 2.75) is 66.0 Å².